The summed E-state index contributed by atoms with van der Waals surface area (Å²) >= 11 is 6.42. The molecule has 0 unspecified atom stereocenters. The molecule has 8 heteroatoms. The molecule has 0 aliphatic carbocycles. The number of thiophene rings is 1. The third-order valence-electron chi connectivity index (χ3n) is 4.19. The van der Waals surface area contributed by atoms with Gasteiger partial charge in [-0.15, -0.1) is 29.7 Å². The molecular weight excluding hydrogens is 609 g/mol. The number of ketones is 1. The molecule has 0 saturated heterocycles. The van der Waals surface area contributed by atoms with Crippen LogP contribution in [0.25, 0.3) is 5.69 Å². The van der Waals surface area contributed by atoms with Crippen molar-refractivity contribution in [1.29, 1.82) is 0 Å². The zero-order valence-electron chi connectivity index (χ0n) is 16.8. The number of benzene rings is 1. The standard InChI is InChI=1S/C23H21BrNO3S2.HI/c1-3-14-29-23-20(25-12-6-5-7-13-25)18(15-19(26)28-4-2)22(30-23)21(27)16-8-10-17(24)11-9-16;/h3,5-13H,1,4,14-15H2,2H3;1H/q+1;/p-1. The predicted octanol–water partition coefficient (Wildman–Crippen LogP) is 2.41. The van der Waals surface area contributed by atoms with Crippen LogP contribution < -0.4 is 28.5 Å². The van der Waals surface area contributed by atoms with Crippen LogP contribution in [0.1, 0.15) is 27.7 Å². The first kappa shape index (κ1) is 25.8. The molecule has 0 saturated carbocycles. The minimum atomic E-state index is -0.349. The summed E-state index contributed by atoms with van der Waals surface area (Å²) in [5.41, 5.74) is 2.12. The normalized spacial score (nSPS) is 10.3. The van der Waals surface area contributed by atoms with Gasteiger partial charge in [0.05, 0.1) is 23.5 Å². The summed E-state index contributed by atoms with van der Waals surface area (Å²) in [4.78, 5) is 26.4. The van der Waals surface area contributed by atoms with E-state index in [0.717, 1.165) is 14.4 Å². The van der Waals surface area contributed by atoms with Gasteiger partial charge in [-0.05, 0) is 31.2 Å². The van der Waals surface area contributed by atoms with Crippen molar-refractivity contribution in [3.63, 3.8) is 0 Å². The number of halogens is 2. The van der Waals surface area contributed by atoms with Gasteiger partial charge >= 0.3 is 5.97 Å². The quantitative estimate of drug-likeness (QED) is 0.0911. The SMILES string of the molecule is C=CCSc1sc(C(=O)c2ccc(Br)cc2)c(CC(=O)OCC)c1-[n+]1ccccc1.[I-]. The number of pyridine rings is 1. The molecule has 0 atom stereocenters. The highest BCUT2D eigenvalue weighted by Crippen LogP contribution is 2.38. The van der Waals surface area contributed by atoms with E-state index in [1.807, 2.05) is 53.4 Å². The molecule has 162 valence electrons. The molecule has 1 aromatic carbocycles. The van der Waals surface area contributed by atoms with Gasteiger partial charge in [-0.1, -0.05) is 28.1 Å². The fourth-order valence-corrected chi connectivity index (χ4v) is 5.51. The fourth-order valence-electron chi connectivity index (χ4n) is 2.91. The molecule has 0 spiro atoms. The molecule has 0 fully saturated rings. The minimum absolute atomic E-state index is 0. The van der Waals surface area contributed by atoms with Crippen LogP contribution in [0.2, 0.25) is 0 Å². The third kappa shape index (κ3) is 6.50. The van der Waals surface area contributed by atoms with Crippen molar-refractivity contribution >= 4 is 50.8 Å². The summed E-state index contributed by atoms with van der Waals surface area (Å²) < 4.78 is 9.02. The van der Waals surface area contributed by atoms with Gasteiger partial charge in [0.1, 0.15) is 4.21 Å². The van der Waals surface area contributed by atoms with Gasteiger partial charge < -0.3 is 28.7 Å². The molecule has 0 radical (unpaired) electrons. The number of thioether (sulfide) groups is 1. The zero-order valence-corrected chi connectivity index (χ0v) is 22.2. The van der Waals surface area contributed by atoms with Crippen LogP contribution in [0.3, 0.4) is 0 Å². The second-order valence-electron chi connectivity index (χ2n) is 6.25. The van der Waals surface area contributed by atoms with Crippen LogP contribution in [-0.2, 0) is 16.0 Å². The number of esters is 1. The fraction of sp³-hybridized carbons (Fsp3) is 0.174. The molecule has 3 rings (SSSR count). The van der Waals surface area contributed by atoms with Gasteiger partial charge in [0.25, 0.3) is 0 Å². The molecule has 0 aliphatic heterocycles. The molecule has 4 nitrogen and oxygen atoms in total. The van der Waals surface area contributed by atoms with Crippen molar-refractivity contribution < 1.29 is 42.9 Å². The first-order valence-corrected chi connectivity index (χ1v) is 12.0. The lowest BCUT2D eigenvalue weighted by molar-refractivity contribution is -0.598. The first-order valence-electron chi connectivity index (χ1n) is 9.37. The predicted molar refractivity (Wildman–Crippen MR) is 125 cm³/mol. The molecule has 0 aliphatic rings. The maximum atomic E-state index is 13.4. The number of carbonyl (C=O) groups is 2. The van der Waals surface area contributed by atoms with Crippen LogP contribution >= 0.6 is 39.0 Å². The lowest BCUT2D eigenvalue weighted by Gasteiger charge is -2.05. The number of carbonyl (C=O) groups excluding carboxylic acids is 2. The molecule has 0 amide bonds. The number of aromatic nitrogens is 1. The van der Waals surface area contributed by atoms with Gasteiger partial charge in [-0.2, -0.15) is 4.57 Å². The Morgan fingerprint density at radius 3 is 2.48 bits per heavy atom. The Morgan fingerprint density at radius 2 is 1.87 bits per heavy atom. The van der Waals surface area contributed by atoms with Gasteiger partial charge in [-0.3, -0.25) is 9.59 Å². The number of hydrogen-bond acceptors (Lipinski definition) is 5. The second kappa shape index (κ2) is 12.5. The van der Waals surface area contributed by atoms with Crippen molar-refractivity contribution in [1.82, 2.24) is 0 Å². The summed E-state index contributed by atoms with van der Waals surface area (Å²) in [6.07, 6.45) is 5.70. The van der Waals surface area contributed by atoms with E-state index in [1.165, 1.54) is 11.3 Å². The Bertz CT molecular complexity index is 1050. The summed E-state index contributed by atoms with van der Waals surface area (Å²) in [6, 6.07) is 13.0. The Kier molecular flexibility index (Phi) is 10.4. The van der Waals surface area contributed by atoms with Crippen LogP contribution in [0.4, 0.5) is 0 Å². The van der Waals surface area contributed by atoms with Gasteiger partial charge in [0.2, 0.25) is 11.5 Å². The van der Waals surface area contributed by atoms with Crippen molar-refractivity contribution in [2.75, 3.05) is 12.4 Å². The molecule has 2 aromatic heterocycles. The Morgan fingerprint density at radius 1 is 1.19 bits per heavy atom. The van der Waals surface area contributed by atoms with E-state index in [0.29, 0.717) is 28.4 Å². The van der Waals surface area contributed by atoms with E-state index in [4.69, 9.17) is 4.74 Å². The lowest BCUT2D eigenvalue weighted by atomic mass is 10.0. The summed E-state index contributed by atoms with van der Waals surface area (Å²) in [5, 5.41) is 0. The number of nitrogens with zero attached hydrogens (tertiary/aromatic N) is 1. The van der Waals surface area contributed by atoms with E-state index in [9.17, 15) is 9.59 Å². The summed E-state index contributed by atoms with van der Waals surface area (Å²) in [6.45, 7) is 5.87. The topological polar surface area (TPSA) is 47.3 Å². The van der Waals surface area contributed by atoms with E-state index in [1.54, 1.807) is 30.8 Å². The summed E-state index contributed by atoms with van der Waals surface area (Å²) in [5.74, 6) is 0.249. The van der Waals surface area contributed by atoms with E-state index >= 15 is 0 Å². The molecule has 0 bridgehead atoms. The van der Waals surface area contributed by atoms with Crippen LogP contribution in [0.15, 0.2) is 76.2 Å². The monoisotopic (exact) mass is 629 g/mol. The molecule has 0 N–H and O–H groups in total. The average Bonchev–Trinajstić information content (AvgIpc) is 3.11. The minimum Gasteiger partial charge on any atom is -1.00 e. The maximum absolute atomic E-state index is 13.4. The highest BCUT2D eigenvalue weighted by atomic mass is 127. The Hall–Kier alpha value is -1.49. The first-order chi connectivity index (χ1) is 14.5. The Labute approximate surface area is 215 Å². The lowest BCUT2D eigenvalue weighted by Crippen LogP contribution is -3.00. The molecule has 31 heavy (non-hydrogen) atoms. The highest BCUT2D eigenvalue weighted by Gasteiger charge is 2.31. The second-order valence-corrected chi connectivity index (χ2v) is 9.47. The largest absolute Gasteiger partial charge is 1.00 e. The number of hydrogen-bond donors (Lipinski definition) is 0. The van der Waals surface area contributed by atoms with Crippen molar-refractivity contribution in [2.24, 2.45) is 0 Å². The van der Waals surface area contributed by atoms with Crippen LogP contribution in [0.5, 0.6) is 0 Å². The summed E-state index contributed by atoms with van der Waals surface area (Å²) in [7, 11) is 0. The van der Waals surface area contributed by atoms with E-state index in [-0.39, 0.29) is 42.2 Å². The van der Waals surface area contributed by atoms with Crippen LogP contribution in [0, 0.1) is 0 Å². The van der Waals surface area contributed by atoms with E-state index < -0.39 is 0 Å². The van der Waals surface area contributed by atoms with E-state index in [2.05, 4.69) is 22.5 Å². The zero-order chi connectivity index (χ0) is 21.5. The molecule has 2 heterocycles. The van der Waals surface area contributed by atoms with Gasteiger partial charge in [0, 0.05) is 27.9 Å². The average molecular weight is 630 g/mol. The van der Waals surface area contributed by atoms with Crippen molar-refractivity contribution in [3.8, 4) is 5.69 Å². The molecular formula is C23H21BrINO3S2. The van der Waals surface area contributed by atoms with Crippen LogP contribution in [-0.4, -0.2) is 24.1 Å². The molecule has 3 aromatic rings. The Balaban J connectivity index is 0.00000341. The number of ether oxygens (including phenoxy) is 1. The third-order valence-corrected chi connectivity index (χ3v) is 7.20. The highest BCUT2D eigenvalue weighted by molar-refractivity contribution is 9.10. The van der Waals surface area contributed by atoms with Gasteiger partial charge in [0.15, 0.2) is 12.4 Å². The van der Waals surface area contributed by atoms with Crippen molar-refractivity contribution in [3.05, 3.63) is 88.0 Å². The van der Waals surface area contributed by atoms with Crippen molar-refractivity contribution in [2.45, 2.75) is 17.6 Å². The van der Waals surface area contributed by atoms with Gasteiger partial charge in [-0.25, -0.2) is 0 Å². The maximum Gasteiger partial charge on any atom is 0.310 e. The smallest absolute Gasteiger partial charge is 0.310 e. The number of rotatable bonds is 9.